The van der Waals surface area contributed by atoms with Crippen molar-refractivity contribution in [1.82, 2.24) is 4.98 Å². The van der Waals surface area contributed by atoms with Crippen LogP contribution in [0.3, 0.4) is 0 Å². The number of pyridine rings is 1. The van der Waals surface area contributed by atoms with Gasteiger partial charge >= 0.3 is 5.97 Å². The standard InChI is InChI=1S/C24H17NO2/c26-24-19-15-18-13-7-8-14-20(18)25-22(19)21(16-9-3-1-4-10-16)23(27-24)17-11-5-2-6-12-17/h1-15,21,23H/t21-,23+/m1/s1. The Labute approximate surface area is 157 Å². The summed E-state index contributed by atoms with van der Waals surface area (Å²) in [6.45, 7) is 0. The third-order valence-electron chi connectivity index (χ3n) is 5.09. The van der Waals surface area contributed by atoms with Gasteiger partial charge < -0.3 is 4.74 Å². The Morgan fingerprint density at radius 3 is 2.11 bits per heavy atom. The van der Waals surface area contributed by atoms with Gasteiger partial charge in [-0.05, 0) is 23.3 Å². The zero-order chi connectivity index (χ0) is 18.2. The number of cyclic esters (lactones) is 1. The highest BCUT2D eigenvalue weighted by molar-refractivity contribution is 5.96. The maximum atomic E-state index is 12.8. The molecule has 0 N–H and O–H groups in total. The van der Waals surface area contributed by atoms with Crippen LogP contribution in [0, 0.1) is 0 Å². The molecule has 0 saturated heterocycles. The molecule has 4 aromatic rings. The molecule has 1 aliphatic rings. The summed E-state index contributed by atoms with van der Waals surface area (Å²) >= 11 is 0. The first-order chi connectivity index (χ1) is 13.3. The van der Waals surface area contributed by atoms with Gasteiger partial charge in [0.15, 0.2) is 0 Å². The number of para-hydroxylation sites is 1. The van der Waals surface area contributed by atoms with Gasteiger partial charge in [-0.15, -0.1) is 0 Å². The zero-order valence-electron chi connectivity index (χ0n) is 14.6. The lowest BCUT2D eigenvalue weighted by atomic mass is 9.82. The summed E-state index contributed by atoms with van der Waals surface area (Å²) < 4.78 is 5.94. The van der Waals surface area contributed by atoms with Crippen molar-refractivity contribution in [2.45, 2.75) is 12.0 Å². The van der Waals surface area contributed by atoms with E-state index in [9.17, 15) is 4.79 Å². The number of fused-ring (bicyclic) bond motifs is 2. The van der Waals surface area contributed by atoms with Crippen LogP contribution in [0.15, 0.2) is 91.0 Å². The number of benzene rings is 3. The molecule has 3 nitrogen and oxygen atoms in total. The second-order valence-corrected chi connectivity index (χ2v) is 6.74. The quantitative estimate of drug-likeness (QED) is 0.461. The Hall–Kier alpha value is -3.46. The predicted molar refractivity (Wildman–Crippen MR) is 105 cm³/mol. The topological polar surface area (TPSA) is 39.2 Å². The highest BCUT2D eigenvalue weighted by Gasteiger charge is 2.39. The molecule has 27 heavy (non-hydrogen) atoms. The van der Waals surface area contributed by atoms with Gasteiger partial charge in [0.05, 0.1) is 22.7 Å². The number of nitrogens with zero attached hydrogens (tertiary/aromatic N) is 1. The Balaban J connectivity index is 1.77. The van der Waals surface area contributed by atoms with Crippen LogP contribution in [0.2, 0.25) is 0 Å². The minimum absolute atomic E-state index is 0.147. The molecule has 0 fully saturated rings. The van der Waals surface area contributed by atoms with Crippen molar-refractivity contribution in [3.05, 3.63) is 113 Å². The van der Waals surface area contributed by atoms with Crippen molar-refractivity contribution < 1.29 is 9.53 Å². The lowest BCUT2D eigenvalue weighted by Gasteiger charge is -2.33. The fraction of sp³-hybridized carbons (Fsp3) is 0.0833. The van der Waals surface area contributed by atoms with Gasteiger partial charge in [-0.1, -0.05) is 78.9 Å². The molecule has 0 radical (unpaired) electrons. The normalized spacial score (nSPS) is 18.7. The first-order valence-electron chi connectivity index (χ1n) is 9.02. The number of carbonyl (C=O) groups excluding carboxylic acids is 1. The number of rotatable bonds is 2. The van der Waals surface area contributed by atoms with E-state index in [0.717, 1.165) is 27.7 Å². The molecule has 3 aromatic carbocycles. The molecule has 5 rings (SSSR count). The van der Waals surface area contributed by atoms with Crippen molar-refractivity contribution in [3.63, 3.8) is 0 Å². The molecule has 1 aliphatic heterocycles. The van der Waals surface area contributed by atoms with E-state index in [1.54, 1.807) is 0 Å². The molecule has 0 spiro atoms. The van der Waals surface area contributed by atoms with E-state index in [0.29, 0.717) is 5.56 Å². The van der Waals surface area contributed by atoms with Crippen molar-refractivity contribution in [2.24, 2.45) is 0 Å². The highest BCUT2D eigenvalue weighted by atomic mass is 16.5. The van der Waals surface area contributed by atoms with Crippen LogP contribution in [0.5, 0.6) is 0 Å². The molecule has 0 saturated carbocycles. The van der Waals surface area contributed by atoms with E-state index in [2.05, 4.69) is 12.1 Å². The molecule has 2 heterocycles. The van der Waals surface area contributed by atoms with Crippen molar-refractivity contribution in [2.75, 3.05) is 0 Å². The second kappa shape index (κ2) is 6.36. The summed E-state index contributed by atoms with van der Waals surface area (Å²) in [6.07, 6.45) is -0.401. The molecular formula is C24H17NO2. The first-order valence-corrected chi connectivity index (χ1v) is 9.02. The Morgan fingerprint density at radius 1 is 0.741 bits per heavy atom. The van der Waals surface area contributed by atoms with Crippen LogP contribution < -0.4 is 0 Å². The lowest BCUT2D eigenvalue weighted by Crippen LogP contribution is -2.28. The average molecular weight is 351 g/mol. The van der Waals surface area contributed by atoms with E-state index in [4.69, 9.17) is 9.72 Å². The molecule has 1 aromatic heterocycles. The summed E-state index contributed by atoms with van der Waals surface area (Å²) in [5.41, 5.74) is 4.28. The largest absolute Gasteiger partial charge is 0.453 e. The third kappa shape index (κ3) is 2.68. The fourth-order valence-electron chi connectivity index (χ4n) is 3.82. The number of carbonyl (C=O) groups is 1. The summed E-state index contributed by atoms with van der Waals surface area (Å²) in [5.74, 6) is -0.463. The van der Waals surface area contributed by atoms with Gasteiger partial charge in [0.25, 0.3) is 0 Å². The van der Waals surface area contributed by atoms with Crippen LogP contribution >= 0.6 is 0 Å². The Kier molecular flexibility index (Phi) is 3.72. The Bertz CT molecular complexity index is 1120. The molecule has 130 valence electrons. The molecule has 0 aliphatic carbocycles. The van der Waals surface area contributed by atoms with Gasteiger partial charge in [-0.3, -0.25) is 4.98 Å². The Morgan fingerprint density at radius 2 is 1.37 bits per heavy atom. The molecule has 2 atom stereocenters. The third-order valence-corrected chi connectivity index (χ3v) is 5.09. The summed E-state index contributed by atoms with van der Waals surface area (Å²) in [5, 5.41) is 0.943. The molecular weight excluding hydrogens is 334 g/mol. The minimum Gasteiger partial charge on any atom is -0.453 e. The molecule has 0 unspecified atom stereocenters. The second-order valence-electron chi connectivity index (χ2n) is 6.74. The van der Waals surface area contributed by atoms with Crippen LogP contribution in [0.25, 0.3) is 10.9 Å². The van der Waals surface area contributed by atoms with Crippen LogP contribution in [0.1, 0.15) is 39.2 Å². The first kappa shape index (κ1) is 15.8. The highest BCUT2D eigenvalue weighted by Crippen LogP contribution is 2.44. The molecule has 0 bridgehead atoms. The summed E-state index contributed by atoms with van der Waals surface area (Å²) in [4.78, 5) is 17.7. The summed E-state index contributed by atoms with van der Waals surface area (Å²) in [7, 11) is 0. The van der Waals surface area contributed by atoms with Crippen LogP contribution in [0.4, 0.5) is 0 Å². The minimum atomic E-state index is -0.401. The van der Waals surface area contributed by atoms with E-state index in [1.807, 2.05) is 78.9 Å². The summed E-state index contributed by atoms with van der Waals surface area (Å²) in [6, 6.07) is 29.8. The monoisotopic (exact) mass is 351 g/mol. The zero-order valence-corrected chi connectivity index (χ0v) is 14.6. The van der Waals surface area contributed by atoms with Gasteiger partial charge in [0.1, 0.15) is 6.10 Å². The van der Waals surface area contributed by atoms with E-state index >= 15 is 0 Å². The number of hydrogen-bond acceptors (Lipinski definition) is 3. The van der Waals surface area contributed by atoms with E-state index in [-0.39, 0.29) is 11.9 Å². The van der Waals surface area contributed by atoms with Crippen molar-refractivity contribution >= 4 is 16.9 Å². The predicted octanol–water partition coefficient (Wildman–Crippen LogP) is 5.28. The number of esters is 1. The van der Waals surface area contributed by atoms with Crippen LogP contribution in [-0.4, -0.2) is 11.0 Å². The SMILES string of the molecule is O=C1O[C@@H](c2ccccc2)[C@H](c2ccccc2)c2nc3ccccc3cc21. The van der Waals surface area contributed by atoms with Gasteiger partial charge in [0, 0.05) is 5.39 Å². The fourth-order valence-corrected chi connectivity index (χ4v) is 3.82. The number of ether oxygens (including phenoxy) is 1. The maximum Gasteiger partial charge on any atom is 0.340 e. The molecule has 0 amide bonds. The molecule has 3 heteroatoms. The lowest BCUT2D eigenvalue weighted by molar-refractivity contribution is 0.0199. The smallest absolute Gasteiger partial charge is 0.340 e. The van der Waals surface area contributed by atoms with Gasteiger partial charge in [0.2, 0.25) is 0 Å². The average Bonchev–Trinajstić information content (AvgIpc) is 2.74. The number of hydrogen-bond donors (Lipinski definition) is 0. The van der Waals surface area contributed by atoms with Gasteiger partial charge in [-0.25, -0.2) is 4.79 Å². The van der Waals surface area contributed by atoms with Crippen LogP contribution in [-0.2, 0) is 4.74 Å². The van der Waals surface area contributed by atoms with Crippen molar-refractivity contribution in [1.29, 1.82) is 0 Å². The van der Waals surface area contributed by atoms with Gasteiger partial charge in [-0.2, -0.15) is 0 Å². The van der Waals surface area contributed by atoms with E-state index < -0.39 is 6.10 Å². The number of aromatic nitrogens is 1. The van der Waals surface area contributed by atoms with Crippen molar-refractivity contribution in [3.8, 4) is 0 Å². The van der Waals surface area contributed by atoms with E-state index in [1.165, 1.54) is 0 Å². The maximum absolute atomic E-state index is 12.8.